The van der Waals surface area contributed by atoms with Crippen LogP contribution in [0.5, 0.6) is 23.0 Å². The third-order valence-electron chi connectivity index (χ3n) is 9.98. The maximum absolute atomic E-state index is 13.3. The van der Waals surface area contributed by atoms with Crippen LogP contribution in [0.25, 0.3) is 22.5 Å². The Kier molecular flexibility index (Phi) is 14.6. The lowest BCUT2D eigenvalue weighted by molar-refractivity contribution is -0.138. The van der Waals surface area contributed by atoms with Gasteiger partial charge in [-0.1, -0.05) is 25.0 Å². The highest BCUT2D eigenvalue weighted by molar-refractivity contribution is 5.91. The van der Waals surface area contributed by atoms with Crippen molar-refractivity contribution in [1.29, 1.82) is 5.26 Å². The number of alkyl halides is 6. The van der Waals surface area contributed by atoms with Gasteiger partial charge >= 0.3 is 18.3 Å². The Balaban J connectivity index is 0.000000213. The van der Waals surface area contributed by atoms with Crippen LogP contribution in [0, 0.1) is 11.3 Å². The van der Waals surface area contributed by atoms with Crippen LogP contribution in [0.4, 0.5) is 26.3 Å². The molecule has 4 aromatic carbocycles. The first-order chi connectivity index (χ1) is 30.5. The highest BCUT2D eigenvalue weighted by Gasteiger charge is 2.33. The molecule has 0 spiro atoms. The Morgan fingerprint density at radius 3 is 1.77 bits per heavy atom. The minimum Gasteiger partial charge on any atom is -0.464 e. The van der Waals surface area contributed by atoms with Crippen LogP contribution in [-0.2, 0) is 23.6 Å². The monoisotopic (exact) mass is 883 g/mol. The van der Waals surface area contributed by atoms with Crippen LogP contribution in [0.15, 0.2) is 121 Å². The van der Waals surface area contributed by atoms with Gasteiger partial charge in [-0.3, -0.25) is 4.79 Å². The molecule has 1 atom stereocenters. The number of aliphatic hydroxyl groups is 1. The summed E-state index contributed by atoms with van der Waals surface area (Å²) in [5.41, 5.74) is 6.53. The molecule has 1 amide bonds. The number of carbonyl (C=O) groups is 2. The Morgan fingerprint density at radius 1 is 0.750 bits per heavy atom. The lowest BCUT2D eigenvalue weighted by Crippen LogP contribution is -2.25. The predicted octanol–water partition coefficient (Wildman–Crippen LogP) is 10.6. The number of halogens is 6. The summed E-state index contributed by atoms with van der Waals surface area (Å²) in [5, 5.41) is 22.1. The number of esters is 1. The number of amides is 1. The van der Waals surface area contributed by atoms with E-state index in [4.69, 9.17) is 20.5 Å². The van der Waals surface area contributed by atoms with Gasteiger partial charge in [0.05, 0.1) is 35.7 Å². The maximum atomic E-state index is 13.3. The zero-order chi connectivity index (χ0) is 46.0. The van der Waals surface area contributed by atoms with E-state index in [1.54, 1.807) is 72.8 Å². The topological polar surface area (TPSA) is 170 Å². The highest BCUT2D eigenvalue weighted by Crippen LogP contribution is 2.38. The summed E-state index contributed by atoms with van der Waals surface area (Å²) in [6.07, 6.45) is -6.52. The van der Waals surface area contributed by atoms with E-state index in [0.29, 0.717) is 52.7 Å². The number of primary amides is 1. The van der Waals surface area contributed by atoms with E-state index >= 15 is 0 Å². The van der Waals surface area contributed by atoms with Gasteiger partial charge in [0.25, 0.3) is 5.91 Å². The molecular formula is C47H39F6N5O6. The van der Waals surface area contributed by atoms with E-state index in [1.165, 1.54) is 31.4 Å². The second kappa shape index (κ2) is 20.3. The number of ether oxygens (including phenoxy) is 3. The zero-order valence-electron chi connectivity index (χ0n) is 33.9. The lowest BCUT2D eigenvalue weighted by Gasteiger charge is -2.17. The van der Waals surface area contributed by atoms with E-state index in [0.717, 1.165) is 55.5 Å². The van der Waals surface area contributed by atoms with Gasteiger partial charge in [0.15, 0.2) is 6.10 Å². The molecule has 2 heterocycles. The molecule has 4 N–H and O–H groups in total. The number of nitriles is 1. The number of hydrogen-bond acceptors (Lipinski definition) is 10. The number of benzene rings is 4. The van der Waals surface area contributed by atoms with E-state index in [-0.39, 0.29) is 28.5 Å². The van der Waals surface area contributed by atoms with Crippen molar-refractivity contribution in [3.05, 3.63) is 155 Å². The second-order valence-corrected chi connectivity index (χ2v) is 14.4. The summed E-state index contributed by atoms with van der Waals surface area (Å²) >= 11 is 0. The molecule has 0 aliphatic heterocycles. The van der Waals surface area contributed by atoms with Gasteiger partial charge < -0.3 is 30.4 Å². The predicted molar refractivity (Wildman–Crippen MR) is 222 cm³/mol. The molecule has 0 radical (unpaired) electrons. The molecule has 1 aliphatic carbocycles. The Morgan fingerprint density at radius 2 is 1.25 bits per heavy atom. The van der Waals surface area contributed by atoms with Crippen LogP contribution in [0.1, 0.15) is 75.0 Å². The Labute approximate surface area is 363 Å². The molecule has 1 saturated carbocycles. The first-order valence-electron chi connectivity index (χ1n) is 19.6. The number of methoxy groups -OCH3 is 1. The minimum atomic E-state index is -4.63. The largest absolute Gasteiger partial charge is 0.464 e. The summed E-state index contributed by atoms with van der Waals surface area (Å²) in [6.45, 7) is 0.297. The summed E-state index contributed by atoms with van der Waals surface area (Å²) < 4.78 is 94.8. The highest BCUT2D eigenvalue weighted by atomic mass is 19.4. The van der Waals surface area contributed by atoms with Gasteiger partial charge in [-0.15, -0.1) is 0 Å². The number of aromatic nitrogens is 2. The molecule has 330 valence electrons. The Bertz CT molecular complexity index is 2630. The number of aliphatic hydroxyl groups excluding tert-OH is 1. The number of pyridine rings is 2. The number of hydrogen-bond donors (Lipinski definition) is 3. The normalized spacial score (nSPS) is 13.2. The fourth-order valence-electron chi connectivity index (χ4n) is 6.67. The molecule has 7 rings (SSSR count). The summed E-state index contributed by atoms with van der Waals surface area (Å²) in [4.78, 5) is 31.4. The van der Waals surface area contributed by atoms with Crippen molar-refractivity contribution in [2.75, 3.05) is 7.11 Å². The number of nitrogens with two attached hydrogens (primary N) is 1. The average Bonchev–Trinajstić information content (AvgIpc) is 3.82. The smallest absolute Gasteiger partial charge is 0.416 e. The van der Waals surface area contributed by atoms with Gasteiger partial charge in [-0.25, -0.2) is 14.8 Å². The van der Waals surface area contributed by atoms with Gasteiger partial charge in [0.1, 0.15) is 34.4 Å². The minimum absolute atomic E-state index is 0.0828. The fourth-order valence-corrected chi connectivity index (χ4v) is 6.67. The standard InChI is InChI=1S/C25H24F3N3O2.C22H15F3N2O4/c26-25(27,28)18-10-13-23(17(14-18)15-30-19-4-1-2-5-19)33-20-11-8-16(9-12-20)21-6-3-7-22(31-21)24(29)32;1-30-21(29)18-4-2-3-17(27-18)13-5-8-15(9-6-13)31-20-10-7-14(22(23,24)25)11-16(20)19(28)12-26/h3,6-14,19,30H,1-2,4-5,15H2,(H2,29,32);2-11,19,28H,1H3. The van der Waals surface area contributed by atoms with Crippen LogP contribution in [0.3, 0.4) is 0 Å². The molecule has 17 heteroatoms. The van der Waals surface area contributed by atoms with Crippen molar-refractivity contribution < 1.29 is 55.2 Å². The molecule has 6 aromatic rings. The molecule has 0 bridgehead atoms. The van der Waals surface area contributed by atoms with Gasteiger partial charge in [0.2, 0.25) is 0 Å². The van der Waals surface area contributed by atoms with Crippen molar-refractivity contribution in [3.8, 4) is 51.6 Å². The number of nitrogens with zero attached hydrogens (tertiary/aromatic N) is 3. The quantitative estimate of drug-likeness (QED) is 0.0611. The molecule has 1 fully saturated rings. The van der Waals surface area contributed by atoms with Crippen molar-refractivity contribution in [2.24, 2.45) is 5.73 Å². The number of rotatable bonds is 12. The zero-order valence-corrected chi connectivity index (χ0v) is 33.9. The van der Waals surface area contributed by atoms with E-state index in [1.807, 2.05) is 0 Å². The fraction of sp³-hybridized carbons (Fsp3) is 0.213. The molecule has 0 saturated heterocycles. The van der Waals surface area contributed by atoms with Crippen molar-refractivity contribution in [2.45, 2.75) is 56.7 Å². The summed E-state index contributed by atoms with van der Waals surface area (Å²) in [5.74, 6) is -0.160. The summed E-state index contributed by atoms with van der Waals surface area (Å²) in [7, 11) is 1.25. The molecule has 64 heavy (non-hydrogen) atoms. The van der Waals surface area contributed by atoms with Crippen LogP contribution in [-0.4, -0.2) is 40.1 Å². The third-order valence-corrected chi connectivity index (χ3v) is 9.98. The maximum Gasteiger partial charge on any atom is 0.416 e. The Hall–Kier alpha value is -7.29. The molecular weight excluding hydrogens is 845 g/mol. The molecule has 1 aliphatic rings. The van der Waals surface area contributed by atoms with Crippen LogP contribution >= 0.6 is 0 Å². The van der Waals surface area contributed by atoms with Crippen molar-refractivity contribution in [3.63, 3.8) is 0 Å². The number of carbonyl (C=O) groups excluding carboxylic acids is 2. The van der Waals surface area contributed by atoms with E-state index < -0.39 is 41.5 Å². The third kappa shape index (κ3) is 12.0. The molecule has 2 aromatic heterocycles. The second-order valence-electron chi connectivity index (χ2n) is 14.4. The van der Waals surface area contributed by atoms with Crippen LogP contribution in [0.2, 0.25) is 0 Å². The summed E-state index contributed by atoms with van der Waals surface area (Å²) in [6, 6.07) is 31.0. The SMILES string of the molecule is COC(=O)c1cccc(-c2ccc(Oc3ccc(C(F)(F)F)cc3C(O)C#N)cc2)n1.NC(=O)c1cccc(-c2ccc(Oc3ccc(C(F)(F)F)cc3CNC3CCCC3)cc2)n1. The molecule has 11 nitrogen and oxygen atoms in total. The average molecular weight is 884 g/mol. The first-order valence-corrected chi connectivity index (χ1v) is 19.6. The van der Waals surface area contributed by atoms with Crippen molar-refractivity contribution in [1.82, 2.24) is 15.3 Å². The lowest BCUT2D eigenvalue weighted by atomic mass is 10.0. The molecule has 1 unspecified atom stereocenters. The first kappa shape index (κ1) is 46.2. The van der Waals surface area contributed by atoms with Gasteiger partial charge in [-0.05, 0) is 122 Å². The van der Waals surface area contributed by atoms with Crippen LogP contribution < -0.4 is 20.5 Å². The number of nitrogens with one attached hydrogen (secondary N) is 1. The van der Waals surface area contributed by atoms with E-state index in [2.05, 4.69) is 20.0 Å². The van der Waals surface area contributed by atoms with Gasteiger partial charge in [0, 0.05) is 34.8 Å². The van der Waals surface area contributed by atoms with E-state index in [9.17, 15) is 41.0 Å². The van der Waals surface area contributed by atoms with Crippen molar-refractivity contribution >= 4 is 11.9 Å². The van der Waals surface area contributed by atoms with Gasteiger partial charge in [-0.2, -0.15) is 31.6 Å².